The number of aliphatic hydroxyl groups excluding tert-OH is 1. The van der Waals surface area contributed by atoms with Gasteiger partial charge in [-0.15, -0.1) is 0 Å². The molecule has 0 unspecified atom stereocenters. The third kappa shape index (κ3) is 3.39. The first-order valence-corrected chi connectivity index (χ1v) is 7.35. The minimum absolute atomic E-state index is 0.000993. The number of aromatic nitrogens is 1. The zero-order valence-electron chi connectivity index (χ0n) is 11.6. The summed E-state index contributed by atoms with van der Waals surface area (Å²) in [4.78, 5) is 18.9. The molecule has 2 N–H and O–H groups in total. The van der Waals surface area contributed by atoms with Gasteiger partial charge in [-0.2, -0.15) is 0 Å². The van der Waals surface area contributed by atoms with Gasteiger partial charge >= 0.3 is 5.97 Å². The zero-order chi connectivity index (χ0) is 16.4. The van der Waals surface area contributed by atoms with Crippen LogP contribution in [0.2, 0.25) is 10.3 Å². The van der Waals surface area contributed by atoms with E-state index in [2.05, 4.69) is 9.98 Å². The Morgan fingerprint density at radius 2 is 2.05 bits per heavy atom. The number of rotatable bonds is 5. The first-order valence-electron chi connectivity index (χ1n) is 6.60. The number of nitrogens with zero attached hydrogens (tertiary/aromatic N) is 2. The molecule has 1 aliphatic rings. The lowest BCUT2D eigenvalue weighted by molar-refractivity contribution is -0.132. The van der Waals surface area contributed by atoms with E-state index in [4.69, 9.17) is 23.2 Å². The van der Waals surface area contributed by atoms with Crippen molar-refractivity contribution >= 4 is 41.1 Å². The monoisotopic (exact) mass is 346 g/mol. The topological polar surface area (TPSA) is 82.8 Å². The van der Waals surface area contributed by atoms with E-state index in [-0.39, 0.29) is 28.7 Å². The lowest BCUT2D eigenvalue weighted by Gasteiger charge is -2.12. The zero-order valence-corrected chi connectivity index (χ0v) is 13.1. The van der Waals surface area contributed by atoms with Gasteiger partial charge in [0.1, 0.15) is 16.5 Å². The summed E-state index contributed by atoms with van der Waals surface area (Å²) in [5.41, 5.74) is -0.640. The van der Waals surface area contributed by atoms with Crippen molar-refractivity contribution in [3.63, 3.8) is 0 Å². The van der Waals surface area contributed by atoms with Crippen LogP contribution in [0.1, 0.15) is 30.9 Å². The van der Waals surface area contributed by atoms with Gasteiger partial charge in [-0.05, 0) is 19.3 Å². The molecule has 0 amide bonds. The second-order valence-corrected chi connectivity index (χ2v) is 5.51. The van der Waals surface area contributed by atoms with E-state index in [1.54, 1.807) is 6.92 Å². The number of pyridine rings is 1. The predicted octanol–water partition coefficient (Wildman–Crippen LogP) is 3.68. The van der Waals surface area contributed by atoms with Crippen LogP contribution in [0.15, 0.2) is 10.6 Å². The van der Waals surface area contributed by atoms with Gasteiger partial charge in [-0.25, -0.2) is 14.2 Å². The van der Waals surface area contributed by atoms with E-state index >= 15 is 0 Å². The number of carboxylic acid groups (broad SMARTS) is 1. The smallest absolute Gasteiger partial charge is 0.341 e. The van der Waals surface area contributed by atoms with Crippen LogP contribution < -0.4 is 0 Å². The largest absolute Gasteiger partial charge is 0.506 e. The van der Waals surface area contributed by atoms with Crippen LogP contribution in [0.25, 0.3) is 5.76 Å². The van der Waals surface area contributed by atoms with Gasteiger partial charge in [0.2, 0.25) is 0 Å². The molecule has 0 bridgehead atoms. The molecule has 8 heteroatoms. The molecule has 118 valence electrons. The molecule has 22 heavy (non-hydrogen) atoms. The Bertz CT molecular complexity index is 685. The molecule has 1 aliphatic carbocycles. The first kappa shape index (κ1) is 16.7. The summed E-state index contributed by atoms with van der Waals surface area (Å²) in [6, 6.07) is 0.0725. The molecular weight excluding hydrogens is 334 g/mol. The van der Waals surface area contributed by atoms with Gasteiger partial charge in [0.05, 0.1) is 11.6 Å². The minimum Gasteiger partial charge on any atom is -0.506 e. The normalized spacial score (nSPS) is 16.0. The Kier molecular flexibility index (Phi) is 5.03. The molecule has 5 nitrogen and oxygen atoms in total. The van der Waals surface area contributed by atoms with Crippen molar-refractivity contribution in [1.82, 2.24) is 4.98 Å². The number of aliphatic hydroxyl groups is 1. The van der Waals surface area contributed by atoms with E-state index in [1.807, 2.05) is 0 Å². The Morgan fingerprint density at radius 3 is 2.55 bits per heavy atom. The number of aliphatic imine (C=N–C) groups is 1. The summed E-state index contributed by atoms with van der Waals surface area (Å²) in [5, 5.41) is 18.8. The summed E-state index contributed by atoms with van der Waals surface area (Å²) in [6.45, 7) is 1.63. The molecule has 0 spiro atoms. The molecule has 1 fully saturated rings. The summed E-state index contributed by atoms with van der Waals surface area (Å²) >= 11 is 11.5. The lowest BCUT2D eigenvalue weighted by Crippen LogP contribution is -2.09. The van der Waals surface area contributed by atoms with Crippen LogP contribution in [0.5, 0.6) is 0 Å². The lowest BCUT2D eigenvalue weighted by atomic mass is 10.0. The van der Waals surface area contributed by atoms with E-state index in [0.717, 1.165) is 19.1 Å². The maximum atomic E-state index is 14.0. The van der Waals surface area contributed by atoms with Crippen molar-refractivity contribution < 1.29 is 19.4 Å². The van der Waals surface area contributed by atoms with E-state index in [0.29, 0.717) is 0 Å². The quantitative estimate of drug-likeness (QED) is 0.368. The Morgan fingerprint density at radius 1 is 1.41 bits per heavy atom. The number of halogens is 3. The average molecular weight is 347 g/mol. The van der Waals surface area contributed by atoms with Crippen LogP contribution in [0.3, 0.4) is 0 Å². The van der Waals surface area contributed by atoms with Crippen LogP contribution in [0.4, 0.5) is 4.39 Å². The molecule has 0 atom stereocenters. The van der Waals surface area contributed by atoms with E-state index < -0.39 is 28.3 Å². The molecule has 1 saturated carbocycles. The number of hydrogen-bond acceptors (Lipinski definition) is 4. The Labute approximate surface area is 136 Å². The highest BCUT2D eigenvalue weighted by molar-refractivity contribution is 6.34. The fourth-order valence-electron chi connectivity index (χ4n) is 1.88. The third-order valence-corrected chi connectivity index (χ3v) is 3.71. The number of aliphatic carboxylic acids is 1. The molecule has 0 aromatic carbocycles. The maximum Gasteiger partial charge on any atom is 0.341 e. The van der Waals surface area contributed by atoms with Crippen LogP contribution in [0, 0.1) is 5.82 Å². The van der Waals surface area contributed by atoms with E-state index in [1.165, 1.54) is 0 Å². The summed E-state index contributed by atoms with van der Waals surface area (Å²) in [5.74, 6) is -2.91. The van der Waals surface area contributed by atoms with Crippen molar-refractivity contribution in [3.05, 3.63) is 32.8 Å². The van der Waals surface area contributed by atoms with Gasteiger partial charge in [-0.3, -0.25) is 4.99 Å². The van der Waals surface area contributed by atoms with Crippen molar-refractivity contribution in [3.8, 4) is 0 Å². The second kappa shape index (κ2) is 6.62. The number of carbonyl (C=O) groups is 1. The maximum absolute atomic E-state index is 14.0. The molecule has 0 radical (unpaired) electrons. The fraction of sp³-hybridized carbons (Fsp3) is 0.357. The first-order chi connectivity index (χ1) is 10.4. The van der Waals surface area contributed by atoms with Crippen molar-refractivity contribution in [2.75, 3.05) is 0 Å². The fourth-order valence-corrected chi connectivity index (χ4v) is 2.41. The van der Waals surface area contributed by atoms with Gasteiger partial charge in [0.25, 0.3) is 0 Å². The van der Waals surface area contributed by atoms with Crippen LogP contribution in [-0.2, 0) is 11.2 Å². The molecule has 2 rings (SSSR count). The Balaban J connectivity index is 2.62. The SMILES string of the molecule is CCc1c(F)c(Cl)nc(Cl)c1C(O)=C(C=NC1CC1)C(=O)O. The van der Waals surface area contributed by atoms with Crippen LogP contribution in [-0.4, -0.2) is 33.4 Å². The minimum atomic E-state index is -1.39. The van der Waals surface area contributed by atoms with E-state index in [9.17, 15) is 19.4 Å². The molecule has 1 heterocycles. The third-order valence-electron chi connectivity index (χ3n) is 3.19. The number of carboxylic acids is 1. The summed E-state index contributed by atoms with van der Waals surface area (Å²) < 4.78 is 14.0. The standard InChI is InChI=1S/C14H13Cl2FN2O3/c1-2-7-9(12(15)19-13(16)10(7)17)11(20)8(14(21)22)5-18-6-3-4-6/h5-6,20H,2-4H2,1H3,(H,21,22). The van der Waals surface area contributed by atoms with Crippen molar-refractivity contribution in [2.45, 2.75) is 32.2 Å². The molecule has 1 aromatic heterocycles. The number of hydrogen-bond donors (Lipinski definition) is 2. The Hall–Kier alpha value is -1.66. The highest BCUT2D eigenvalue weighted by Gasteiger charge is 2.25. The van der Waals surface area contributed by atoms with Gasteiger partial charge in [-0.1, -0.05) is 30.1 Å². The van der Waals surface area contributed by atoms with Gasteiger partial charge in [0, 0.05) is 11.8 Å². The van der Waals surface area contributed by atoms with Crippen LogP contribution >= 0.6 is 23.2 Å². The summed E-state index contributed by atoms with van der Waals surface area (Å²) in [6.07, 6.45) is 2.97. The molecular formula is C14H13Cl2FN2O3. The second-order valence-electron chi connectivity index (χ2n) is 4.79. The van der Waals surface area contributed by atoms with Gasteiger partial charge in [0.15, 0.2) is 11.0 Å². The molecule has 0 aliphatic heterocycles. The van der Waals surface area contributed by atoms with Crippen molar-refractivity contribution in [2.24, 2.45) is 4.99 Å². The highest BCUT2D eigenvalue weighted by Crippen LogP contribution is 2.32. The van der Waals surface area contributed by atoms with Gasteiger partial charge < -0.3 is 10.2 Å². The molecule has 1 aromatic rings. The predicted molar refractivity (Wildman–Crippen MR) is 82.3 cm³/mol. The highest BCUT2D eigenvalue weighted by atomic mass is 35.5. The summed E-state index contributed by atoms with van der Waals surface area (Å²) in [7, 11) is 0. The molecule has 0 saturated heterocycles. The average Bonchev–Trinajstić information content (AvgIpc) is 3.26. The van der Waals surface area contributed by atoms with Crippen molar-refractivity contribution in [1.29, 1.82) is 0 Å².